The van der Waals surface area contributed by atoms with Crippen molar-refractivity contribution in [2.24, 2.45) is 0 Å². The van der Waals surface area contributed by atoms with E-state index in [9.17, 15) is 9.59 Å². The van der Waals surface area contributed by atoms with Gasteiger partial charge >= 0.3 is 0 Å². The molecule has 0 atom stereocenters. The van der Waals surface area contributed by atoms with Gasteiger partial charge in [-0.15, -0.1) is 6.58 Å². The third-order valence-electron chi connectivity index (χ3n) is 3.98. The van der Waals surface area contributed by atoms with Gasteiger partial charge < -0.3 is 15.4 Å². The number of anilines is 1. The molecule has 0 aliphatic heterocycles. The normalized spacial score (nSPS) is 10.1. The van der Waals surface area contributed by atoms with Crippen LogP contribution in [0.15, 0.2) is 49.1 Å². The van der Waals surface area contributed by atoms with Crippen LogP contribution >= 0.6 is 0 Å². The predicted molar refractivity (Wildman–Crippen MR) is 104 cm³/mol. The second-order valence-corrected chi connectivity index (χ2v) is 5.86. The summed E-state index contributed by atoms with van der Waals surface area (Å²) in [6.07, 6.45) is 2.38. The van der Waals surface area contributed by atoms with Crippen molar-refractivity contribution in [2.75, 3.05) is 19.0 Å². The van der Waals surface area contributed by atoms with Gasteiger partial charge in [-0.3, -0.25) is 9.59 Å². The van der Waals surface area contributed by atoms with Crippen LogP contribution in [0, 0.1) is 6.92 Å². The topological polar surface area (TPSA) is 67.4 Å². The fraction of sp³-hybridized carbons (Fsp3) is 0.238. The predicted octanol–water partition coefficient (Wildman–Crippen LogP) is 3.73. The van der Waals surface area contributed by atoms with Crippen molar-refractivity contribution in [3.05, 3.63) is 71.3 Å². The second kappa shape index (κ2) is 8.85. The van der Waals surface area contributed by atoms with Gasteiger partial charge in [0.2, 0.25) is 0 Å². The van der Waals surface area contributed by atoms with Gasteiger partial charge in [-0.2, -0.15) is 0 Å². The number of methoxy groups -OCH3 is 1. The van der Waals surface area contributed by atoms with Gasteiger partial charge in [-0.05, 0) is 67.8 Å². The van der Waals surface area contributed by atoms with Crippen LogP contribution in [0.5, 0.6) is 5.75 Å². The van der Waals surface area contributed by atoms with Crippen LogP contribution in [0.4, 0.5) is 5.69 Å². The Morgan fingerprint density at radius 3 is 2.42 bits per heavy atom. The molecule has 136 valence electrons. The summed E-state index contributed by atoms with van der Waals surface area (Å²) < 4.78 is 5.31. The van der Waals surface area contributed by atoms with Crippen molar-refractivity contribution >= 4 is 17.5 Å². The first-order valence-electron chi connectivity index (χ1n) is 8.48. The van der Waals surface area contributed by atoms with Crippen molar-refractivity contribution in [3.63, 3.8) is 0 Å². The van der Waals surface area contributed by atoms with Gasteiger partial charge in [-0.25, -0.2) is 0 Å². The van der Waals surface area contributed by atoms with Crippen LogP contribution in [0.3, 0.4) is 0 Å². The van der Waals surface area contributed by atoms with E-state index in [1.807, 2.05) is 13.8 Å². The van der Waals surface area contributed by atoms with E-state index in [1.54, 1.807) is 49.6 Å². The molecule has 0 radical (unpaired) electrons. The highest BCUT2D eigenvalue weighted by Gasteiger charge is 2.12. The SMILES string of the molecule is C=CCc1cc(C(=O)Nc2ccc(C(=O)NCC)cc2C)ccc1OC. The molecule has 0 fully saturated rings. The van der Waals surface area contributed by atoms with E-state index in [-0.39, 0.29) is 11.8 Å². The lowest BCUT2D eigenvalue weighted by molar-refractivity contribution is 0.0955. The summed E-state index contributed by atoms with van der Waals surface area (Å²) in [5.41, 5.74) is 3.50. The Morgan fingerprint density at radius 2 is 1.81 bits per heavy atom. The first kappa shape index (κ1) is 19.2. The Kier molecular flexibility index (Phi) is 6.55. The van der Waals surface area contributed by atoms with Gasteiger partial charge in [0.25, 0.3) is 11.8 Å². The second-order valence-electron chi connectivity index (χ2n) is 5.86. The summed E-state index contributed by atoms with van der Waals surface area (Å²) in [6.45, 7) is 8.03. The van der Waals surface area contributed by atoms with E-state index in [0.29, 0.717) is 29.8 Å². The molecule has 5 heteroatoms. The molecule has 2 aromatic carbocycles. The van der Waals surface area contributed by atoms with Crippen molar-refractivity contribution in [1.29, 1.82) is 0 Å². The van der Waals surface area contributed by atoms with E-state index in [4.69, 9.17) is 4.74 Å². The molecule has 0 unspecified atom stereocenters. The molecule has 0 saturated heterocycles. The van der Waals surface area contributed by atoms with Gasteiger partial charge in [0.1, 0.15) is 5.75 Å². The molecular formula is C21H24N2O3. The van der Waals surface area contributed by atoms with Gasteiger partial charge in [-0.1, -0.05) is 6.08 Å². The van der Waals surface area contributed by atoms with Crippen LogP contribution < -0.4 is 15.4 Å². The largest absolute Gasteiger partial charge is 0.496 e. The lowest BCUT2D eigenvalue weighted by Gasteiger charge is -2.12. The first-order chi connectivity index (χ1) is 12.5. The van der Waals surface area contributed by atoms with Crippen LogP contribution in [0.25, 0.3) is 0 Å². The Labute approximate surface area is 154 Å². The maximum atomic E-state index is 12.6. The minimum atomic E-state index is -0.216. The number of benzene rings is 2. The first-order valence-corrected chi connectivity index (χ1v) is 8.48. The van der Waals surface area contributed by atoms with Gasteiger partial charge in [0.05, 0.1) is 7.11 Å². The summed E-state index contributed by atoms with van der Waals surface area (Å²) in [4.78, 5) is 24.5. The summed E-state index contributed by atoms with van der Waals surface area (Å²) in [7, 11) is 1.60. The van der Waals surface area contributed by atoms with E-state index in [0.717, 1.165) is 16.9 Å². The minimum absolute atomic E-state index is 0.127. The molecule has 2 amide bonds. The summed E-state index contributed by atoms with van der Waals surface area (Å²) >= 11 is 0. The zero-order chi connectivity index (χ0) is 19.1. The number of ether oxygens (including phenoxy) is 1. The summed E-state index contributed by atoms with van der Waals surface area (Å²) in [6, 6.07) is 10.5. The van der Waals surface area contributed by atoms with Gasteiger partial charge in [0.15, 0.2) is 0 Å². The zero-order valence-corrected chi connectivity index (χ0v) is 15.4. The van der Waals surface area contributed by atoms with Crippen LogP contribution in [0.1, 0.15) is 38.8 Å². The Bertz CT molecular complexity index is 828. The standard InChI is InChI=1S/C21H24N2O3/c1-5-7-15-13-17(9-11-19(15)26-4)21(25)23-18-10-8-16(12-14(18)3)20(24)22-6-2/h5,8-13H,1,6-7H2,2-4H3,(H,22,24)(H,23,25). The number of carbonyl (C=O) groups is 2. The molecule has 2 N–H and O–H groups in total. The maximum absolute atomic E-state index is 12.6. The number of aryl methyl sites for hydroxylation is 1. The highest BCUT2D eigenvalue weighted by atomic mass is 16.5. The lowest BCUT2D eigenvalue weighted by Crippen LogP contribution is -2.22. The number of amides is 2. The van der Waals surface area contributed by atoms with E-state index < -0.39 is 0 Å². The smallest absolute Gasteiger partial charge is 0.255 e. The number of rotatable bonds is 7. The molecule has 2 aromatic rings. The van der Waals surface area contributed by atoms with Crippen LogP contribution in [-0.4, -0.2) is 25.5 Å². The summed E-state index contributed by atoms with van der Waals surface area (Å²) in [5, 5.41) is 5.65. The monoisotopic (exact) mass is 352 g/mol. The van der Waals surface area contributed by atoms with Gasteiger partial charge in [0, 0.05) is 23.4 Å². The maximum Gasteiger partial charge on any atom is 0.255 e. The average molecular weight is 352 g/mol. The molecule has 0 aliphatic rings. The van der Waals surface area contributed by atoms with Crippen molar-refractivity contribution in [3.8, 4) is 5.75 Å². The third kappa shape index (κ3) is 4.51. The molecular weight excluding hydrogens is 328 g/mol. The number of allylic oxidation sites excluding steroid dienone is 1. The molecule has 5 nitrogen and oxygen atoms in total. The molecule has 0 aromatic heterocycles. The minimum Gasteiger partial charge on any atom is -0.496 e. The Hall–Kier alpha value is -3.08. The fourth-order valence-corrected chi connectivity index (χ4v) is 2.64. The molecule has 0 saturated carbocycles. The van der Waals surface area contributed by atoms with Crippen molar-refractivity contribution in [2.45, 2.75) is 20.3 Å². The Morgan fingerprint density at radius 1 is 1.12 bits per heavy atom. The fourth-order valence-electron chi connectivity index (χ4n) is 2.64. The number of nitrogens with one attached hydrogen (secondary N) is 2. The number of hydrogen-bond acceptors (Lipinski definition) is 3. The summed E-state index contributed by atoms with van der Waals surface area (Å²) in [5.74, 6) is 0.383. The zero-order valence-electron chi connectivity index (χ0n) is 15.4. The molecule has 0 bridgehead atoms. The van der Waals surface area contributed by atoms with Crippen molar-refractivity contribution in [1.82, 2.24) is 5.32 Å². The quantitative estimate of drug-likeness (QED) is 0.746. The third-order valence-corrected chi connectivity index (χ3v) is 3.98. The lowest BCUT2D eigenvalue weighted by atomic mass is 10.1. The van der Waals surface area contributed by atoms with E-state index in [1.165, 1.54) is 0 Å². The highest BCUT2D eigenvalue weighted by Crippen LogP contribution is 2.22. The molecule has 2 rings (SSSR count). The Balaban J connectivity index is 2.20. The van der Waals surface area contributed by atoms with Crippen LogP contribution in [-0.2, 0) is 6.42 Å². The molecule has 0 aliphatic carbocycles. The number of carbonyl (C=O) groups excluding carboxylic acids is 2. The molecule has 0 spiro atoms. The average Bonchev–Trinajstić information content (AvgIpc) is 2.63. The highest BCUT2D eigenvalue weighted by molar-refractivity contribution is 6.05. The molecule has 26 heavy (non-hydrogen) atoms. The molecule has 0 heterocycles. The number of hydrogen-bond donors (Lipinski definition) is 2. The van der Waals surface area contributed by atoms with E-state index >= 15 is 0 Å². The van der Waals surface area contributed by atoms with Crippen LogP contribution in [0.2, 0.25) is 0 Å². The van der Waals surface area contributed by atoms with Crippen molar-refractivity contribution < 1.29 is 14.3 Å². The van der Waals surface area contributed by atoms with E-state index in [2.05, 4.69) is 17.2 Å².